The number of sulfonamides is 1. The number of nitrogens with zero attached hydrogens (tertiary/aromatic N) is 3. The lowest BCUT2D eigenvalue weighted by atomic mass is 10.1. The van der Waals surface area contributed by atoms with Gasteiger partial charge < -0.3 is 5.32 Å². The van der Waals surface area contributed by atoms with E-state index in [1.807, 2.05) is 13.8 Å². The molecule has 1 heterocycles. The Balaban J connectivity index is 1.63. The van der Waals surface area contributed by atoms with Gasteiger partial charge >= 0.3 is 0 Å². The highest BCUT2D eigenvalue weighted by Crippen LogP contribution is 2.22. The third-order valence-electron chi connectivity index (χ3n) is 4.39. The second-order valence-electron chi connectivity index (χ2n) is 6.48. The Bertz CT molecular complexity index is 1240. The van der Waals surface area contributed by atoms with Crippen LogP contribution in [0.1, 0.15) is 21.7 Å². The number of aromatic nitrogens is 2. The summed E-state index contributed by atoms with van der Waals surface area (Å²) >= 11 is 0. The molecule has 30 heavy (non-hydrogen) atoms. The predicted molar refractivity (Wildman–Crippen MR) is 110 cm³/mol. The Kier molecular flexibility index (Phi) is 6.04. The van der Waals surface area contributed by atoms with Gasteiger partial charge in [-0.15, -0.1) is 0 Å². The number of nitrogens with one attached hydrogen (secondary N) is 2. The quantitative estimate of drug-likeness (QED) is 0.331. The number of carbonyl (C=O) groups is 1. The van der Waals surface area contributed by atoms with E-state index in [9.17, 15) is 23.3 Å². The fourth-order valence-electron chi connectivity index (χ4n) is 2.75. The molecule has 3 rings (SSSR count). The molecule has 0 radical (unpaired) electrons. The summed E-state index contributed by atoms with van der Waals surface area (Å²) < 4.78 is 26.9. The first-order chi connectivity index (χ1) is 14.2. The van der Waals surface area contributed by atoms with E-state index in [1.54, 1.807) is 18.2 Å². The van der Waals surface area contributed by atoms with Gasteiger partial charge in [-0.05, 0) is 38.1 Å². The van der Waals surface area contributed by atoms with Crippen molar-refractivity contribution in [2.45, 2.75) is 18.7 Å². The van der Waals surface area contributed by atoms with Gasteiger partial charge in [0.25, 0.3) is 11.6 Å². The predicted octanol–water partition coefficient (Wildman–Crippen LogP) is 1.86. The molecule has 10 nitrogen and oxygen atoms in total. The van der Waals surface area contributed by atoms with Crippen LogP contribution in [0.2, 0.25) is 0 Å². The zero-order valence-electron chi connectivity index (χ0n) is 16.2. The van der Waals surface area contributed by atoms with Gasteiger partial charge in [-0.2, -0.15) is 0 Å². The highest BCUT2D eigenvalue weighted by molar-refractivity contribution is 7.89. The molecule has 0 aliphatic rings. The summed E-state index contributed by atoms with van der Waals surface area (Å²) in [7, 11) is -4.10. The maximum Gasteiger partial charge on any atom is 0.289 e. The number of para-hydroxylation sites is 1. The monoisotopic (exact) mass is 429 g/mol. The lowest BCUT2D eigenvalue weighted by molar-refractivity contribution is -0.387. The number of carbonyl (C=O) groups excluding carboxylic acids is 1. The zero-order chi connectivity index (χ0) is 21.9. The molecular weight excluding hydrogens is 410 g/mol. The molecule has 0 bridgehead atoms. The SMILES string of the molecule is Cc1nc2ccc(C(=O)NCCNS(=O)(=O)c3ccccc3[N+](=O)[O-])cc2nc1C. The second-order valence-corrected chi connectivity index (χ2v) is 8.21. The Morgan fingerprint density at radius 1 is 1.03 bits per heavy atom. The van der Waals surface area contributed by atoms with Crippen molar-refractivity contribution in [2.24, 2.45) is 0 Å². The minimum absolute atomic E-state index is 0.00463. The first-order valence-electron chi connectivity index (χ1n) is 8.95. The molecule has 2 aromatic carbocycles. The number of nitro benzene ring substituents is 1. The molecule has 0 spiro atoms. The van der Waals surface area contributed by atoms with Crippen molar-refractivity contribution in [1.29, 1.82) is 0 Å². The molecule has 0 aliphatic carbocycles. The number of fused-ring (bicyclic) bond motifs is 1. The van der Waals surface area contributed by atoms with Crippen molar-refractivity contribution >= 4 is 32.7 Å². The van der Waals surface area contributed by atoms with Crippen LogP contribution in [0.3, 0.4) is 0 Å². The molecule has 1 aromatic heterocycles. The van der Waals surface area contributed by atoms with E-state index in [0.29, 0.717) is 16.6 Å². The van der Waals surface area contributed by atoms with E-state index in [4.69, 9.17) is 0 Å². The van der Waals surface area contributed by atoms with E-state index in [0.717, 1.165) is 23.5 Å². The first-order valence-corrected chi connectivity index (χ1v) is 10.4. The molecule has 0 atom stereocenters. The molecule has 0 fully saturated rings. The van der Waals surface area contributed by atoms with Crippen LogP contribution in [-0.4, -0.2) is 42.3 Å². The summed E-state index contributed by atoms with van der Waals surface area (Å²) in [6.45, 7) is 3.55. The standard InChI is InChI=1S/C19H19N5O5S/c1-12-13(2)23-16-11-14(7-8-15(16)22-12)19(25)20-9-10-21-30(28,29)18-6-4-3-5-17(18)24(26)27/h3-8,11,21H,9-10H2,1-2H3,(H,20,25). The summed E-state index contributed by atoms with van der Waals surface area (Å²) in [4.78, 5) is 31.0. The molecular formula is C19H19N5O5S. The molecule has 3 aromatic rings. The first kappa shape index (κ1) is 21.3. The van der Waals surface area contributed by atoms with Gasteiger partial charge in [-0.25, -0.2) is 23.1 Å². The average molecular weight is 429 g/mol. The molecule has 0 saturated heterocycles. The fourth-order valence-corrected chi connectivity index (χ4v) is 3.95. The molecule has 0 saturated carbocycles. The lowest BCUT2D eigenvalue weighted by Crippen LogP contribution is -2.34. The van der Waals surface area contributed by atoms with Crippen molar-refractivity contribution in [3.63, 3.8) is 0 Å². The fraction of sp³-hybridized carbons (Fsp3) is 0.211. The highest BCUT2D eigenvalue weighted by atomic mass is 32.2. The summed E-state index contributed by atoms with van der Waals surface area (Å²) in [6.07, 6.45) is 0. The van der Waals surface area contributed by atoms with Gasteiger partial charge in [-0.3, -0.25) is 14.9 Å². The van der Waals surface area contributed by atoms with Crippen LogP contribution in [0.5, 0.6) is 0 Å². The van der Waals surface area contributed by atoms with Crippen LogP contribution in [0, 0.1) is 24.0 Å². The number of amides is 1. The van der Waals surface area contributed by atoms with Crippen LogP contribution < -0.4 is 10.0 Å². The van der Waals surface area contributed by atoms with Crippen molar-refractivity contribution in [2.75, 3.05) is 13.1 Å². The number of aryl methyl sites for hydroxylation is 2. The Hall–Kier alpha value is -3.44. The van der Waals surface area contributed by atoms with Gasteiger partial charge in [0.2, 0.25) is 10.0 Å². The van der Waals surface area contributed by atoms with Crippen LogP contribution in [0.25, 0.3) is 11.0 Å². The molecule has 156 valence electrons. The minimum Gasteiger partial charge on any atom is -0.351 e. The smallest absolute Gasteiger partial charge is 0.289 e. The van der Waals surface area contributed by atoms with Crippen LogP contribution in [-0.2, 0) is 10.0 Å². The van der Waals surface area contributed by atoms with E-state index in [2.05, 4.69) is 20.0 Å². The second kappa shape index (κ2) is 8.51. The van der Waals surface area contributed by atoms with Crippen molar-refractivity contribution in [1.82, 2.24) is 20.0 Å². The normalized spacial score (nSPS) is 11.4. The van der Waals surface area contributed by atoms with Crippen molar-refractivity contribution in [3.8, 4) is 0 Å². The average Bonchev–Trinajstić information content (AvgIpc) is 2.71. The Morgan fingerprint density at radius 2 is 1.70 bits per heavy atom. The number of rotatable bonds is 7. The van der Waals surface area contributed by atoms with E-state index < -0.39 is 31.4 Å². The third-order valence-corrected chi connectivity index (χ3v) is 5.90. The number of hydrogen-bond acceptors (Lipinski definition) is 7. The van der Waals surface area contributed by atoms with E-state index in [1.165, 1.54) is 12.1 Å². The zero-order valence-corrected chi connectivity index (χ0v) is 17.1. The van der Waals surface area contributed by atoms with E-state index in [-0.39, 0.29) is 13.1 Å². The summed E-state index contributed by atoms with van der Waals surface area (Å²) in [5, 5.41) is 13.6. The van der Waals surface area contributed by atoms with Gasteiger partial charge in [-0.1, -0.05) is 12.1 Å². The maximum absolute atomic E-state index is 12.4. The molecule has 0 aliphatic heterocycles. The van der Waals surface area contributed by atoms with Crippen LogP contribution in [0.15, 0.2) is 47.4 Å². The topological polar surface area (TPSA) is 144 Å². The number of nitro groups is 1. The Labute approximate surface area is 172 Å². The number of benzene rings is 2. The van der Waals surface area contributed by atoms with Crippen molar-refractivity contribution < 1.29 is 18.1 Å². The minimum atomic E-state index is -4.10. The largest absolute Gasteiger partial charge is 0.351 e. The van der Waals surface area contributed by atoms with Gasteiger partial charge in [0.05, 0.1) is 27.3 Å². The van der Waals surface area contributed by atoms with Crippen LogP contribution >= 0.6 is 0 Å². The van der Waals surface area contributed by atoms with Gasteiger partial charge in [0.15, 0.2) is 4.90 Å². The lowest BCUT2D eigenvalue weighted by Gasteiger charge is -2.09. The van der Waals surface area contributed by atoms with Crippen molar-refractivity contribution in [3.05, 3.63) is 69.5 Å². The molecule has 11 heteroatoms. The summed E-state index contributed by atoms with van der Waals surface area (Å²) in [5.74, 6) is -0.401. The molecule has 0 unspecified atom stereocenters. The molecule has 2 N–H and O–H groups in total. The van der Waals surface area contributed by atoms with Gasteiger partial charge in [0, 0.05) is 24.7 Å². The van der Waals surface area contributed by atoms with Gasteiger partial charge in [0.1, 0.15) is 0 Å². The summed E-state index contributed by atoms with van der Waals surface area (Å²) in [5.41, 5.74) is 2.68. The van der Waals surface area contributed by atoms with Crippen LogP contribution in [0.4, 0.5) is 5.69 Å². The summed E-state index contributed by atoms with van der Waals surface area (Å²) in [6, 6.07) is 9.96. The van der Waals surface area contributed by atoms with E-state index >= 15 is 0 Å². The Morgan fingerprint density at radius 3 is 2.40 bits per heavy atom. The highest BCUT2D eigenvalue weighted by Gasteiger charge is 2.24. The number of hydrogen-bond donors (Lipinski definition) is 2. The maximum atomic E-state index is 12.4. The third kappa shape index (κ3) is 4.58. The molecule has 1 amide bonds.